The van der Waals surface area contributed by atoms with Crippen molar-refractivity contribution >= 4 is 16.3 Å². The molecule has 2 aromatic rings. The van der Waals surface area contributed by atoms with Crippen molar-refractivity contribution in [2.75, 3.05) is 13.1 Å². The number of aromatic nitrogens is 3. The Kier molecular flexibility index (Phi) is 3.34. The van der Waals surface area contributed by atoms with Gasteiger partial charge in [0.1, 0.15) is 5.51 Å². The van der Waals surface area contributed by atoms with E-state index in [1.165, 1.54) is 15.9 Å². The Morgan fingerprint density at radius 1 is 1.58 bits per heavy atom. The molecule has 6 nitrogen and oxygen atoms in total. The van der Waals surface area contributed by atoms with Gasteiger partial charge in [0.05, 0.1) is 5.69 Å². The molecule has 2 atom stereocenters. The van der Waals surface area contributed by atoms with Gasteiger partial charge in [-0.15, -0.1) is 0 Å². The molecule has 2 N–H and O–H groups in total. The SMILES string of the molecule is CC1CC(CN)CN1Cc1cc(=O)n2ncsc2n1. The zero-order chi connectivity index (χ0) is 13.4. The Morgan fingerprint density at radius 3 is 3.16 bits per heavy atom. The minimum absolute atomic E-state index is 0.108. The van der Waals surface area contributed by atoms with Gasteiger partial charge in [0.2, 0.25) is 4.96 Å². The predicted molar refractivity (Wildman–Crippen MR) is 74.2 cm³/mol. The first-order valence-corrected chi connectivity index (χ1v) is 7.32. The third kappa shape index (κ3) is 2.41. The molecular weight excluding hydrogens is 262 g/mol. The molecule has 1 aliphatic rings. The molecule has 3 rings (SSSR count). The second-order valence-electron chi connectivity index (χ2n) is 5.13. The van der Waals surface area contributed by atoms with E-state index >= 15 is 0 Å². The molecular formula is C12H17N5OS. The molecule has 1 saturated heterocycles. The lowest BCUT2D eigenvalue weighted by molar-refractivity contribution is 0.253. The van der Waals surface area contributed by atoms with E-state index in [1.54, 1.807) is 11.6 Å². The van der Waals surface area contributed by atoms with Crippen LogP contribution in [0.5, 0.6) is 0 Å². The molecule has 0 amide bonds. The lowest BCUT2D eigenvalue weighted by Crippen LogP contribution is -2.29. The fourth-order valence-electron chi connectivity index (χ4n) is 2.70. The molecule has 0 spiro atoms. The maximum Gasteiger partial charge on any atom is 0.275 e. The lowest BCUT2D eigenvalue weighted by Gasteiger charge is -2.20. The van der Waals surface area contributed by atoms with Gasteiger partial charge in [0, 0.05) is 25.2 Å². The molecule has 1 aliphatic heterocycles. The number of likely N-dealkylation sites (tertiary alicyclic amines) is 1. The number of hydrogen-bond acceptors (Lipinski definition) is 6. The summed E-state index contributed by atoms with van der Waals surface area (Å²) in [6, 6.07) is 2.07. The van der Waals surface area contributed by atoms with Crippen LogP contribution in [0.1, 0.15) is 19.0 Å². The molecule has 0 aromatic carbocycles. The van der Waals surface area contributed by atoms with Gasteiger partial charge in [0.15, 0.2) is 0 Å². The van der Waals surface area contributed by atoms with E-state index in [-0.39, 0.29) is 5.56 Å². The van der Waals surface area contributed by atoms with Gasteiger partial charge in [-0.25, -0.2) is 4.98 Å². The van der Waals surface area contributed by atoms with E-state index in [2.05, 4.69) is 21.9 Å². The maximum absolute atomic E-state index is 11.9. The molecule has 102 valence electrons. The van der Waals surface area contributed by atoms with Crippen molar-refractivity contribution in [1.29, 1.82) is 0 Å². The van der Waals surface area contributed by atoms with E-state index in [4.69, 9.17) is 5.73 Å². The van der Waals surface area contributed by atoms with Gasteiger partial charge >= 0.3 is 0 Å². The normalized spacial score (nSPS) is 24.3. The van der Waals surface area contributed by atoms with Gasteiger partial charge in [-0.1, -0.05) is 11.3 Å². The standard InChI is InChI=1S/C12H17N5OS/c1-8-2-9(4-13)5-16(8)6-10-3-11(18)17-12(15-10)19-7-14-17/h3,7-9H,2,4-6,13H2,1H3. The molecule has 0 bridgehead atoms. The van der Waals surface area contributed by atoms with E-state index < -0.39 is 0 Å². The summed E-state index contributed by atoms with van der Waals surface area (Å²) in [5, 5.41) is 3.96. The van der Waals surface area contributed by atoms with Crippen LogP contribution in [-0.4, -0.2) is 38.6 Å². The summed E-state index contributed by atoms with van der Waals surface area (Å²) in [5.41, 5.74) is 8.08. The third-order valence-corrected chi connectivity index (χ3v) is 4.40. The predicted octanol–water partition coefficient (Wildman–Crippen LogP) is 0.320. The van der Waals surface area contributed by atoms with Crippen molar-refractivity contribution in [2.24, 2.45) is 11.7 Å². The van der Waals surface area contributed by atoms with Crippen LogP contribution in [0.4, 0.5) is 0 Å². The summed E-state index contributed by atoms with van der Waals surface area (Å²) in [6.07, 6.45) is 1.12. The fraction of sp³-hybridized carbons (Fsp3) is 0.583. The number of rotatable bonds is 3. The van der Waals surface area contributed by atoms with Crippen molar-refractivity contribution in [3.05, 3.63) is 27.6 Å². The number of nitrogens with two attached hydrogens (primary N) is 1. The molecule has 0 aliphatic carbocycles. The highest BCUT2D eigenvalue weighted by Gasteiger charge is 2.28. The van der Waals surface area contributed by atoms with E-state index in [0.29, 0.717) is 23.5 Å². The summed E-state index contributed by atoms with van der Waals surface area (Å²) in [6.45, 7) is 4.63. The minimum Gasteiger partial charge on any atom is -0.330 e. The molecule has 2 aromatic heterocycles. The van der Waals surface area contributed by atoms with Crippen LogP contribution < -0.4 is 11.3 Å². The zero-order valence-corrected chi connectivity index (χ0v) is 11.6. The summed E-state index contributed by atoms with van der Waals surface area (Å²) in [5.74, 6) is 0.559. The van der Waals surface area contributed by atoms with Crippen molar-refractivity contribution in [1.82, 2.24) is 19.5 Å². The Morgan fingerprint density at radius 2 is 2.42 bits per heavy atom. The lowest BCUT2D eigenvalue weighted by atomic mass is 10.1. The molecule has 2 unspecified atom stereocenters. The summed E-state index contributed by atoms with van der Waals surface area (Å²) in [4.78, 5) is 19.4. The van der Waals surface area contributed by atoms with Crippen molar-refractivity contribution < 1.29 is 0 Å². The molecule has 3 heterocycles. The minimum atomic E-state index is -0.108. The van der Waals surface area contributed by atoms with Gasteiger partial charge < -0.3 is 5.73 Å². The molecule has 0 saturated carbocycles. The Labute approximate surface area is 114 Å². The van der Waals surface area contributed by atoms with Gasteiger partial charge in [0.25, 0.3) is 5.56 Å². The van der Waals surface area contributed by atoms with E-state index in [9.17, 15) is 4.79 Å². The van der Waals surface area contributed by atoms with Crippen LogP contribution in [0, 0.1) is 5.92 Å². The second kappa shape index (κ2) is 4.99. The van der Waals surface area contributed by atoms with Crippen LogP contribution in [0.3, 0.4) is 0 Å². The van der Waals surface area contributed by atoms with Crippen LogP contribution in [0.2, 0.25) is 0 Å². The zero-order valence-electron chi connectivity index (χ0n) is 10.8. The average molecular weight is 279 g/mol. The van der Waals surface area contributed by atoms with Crippen molar-refractivity contribution in [2.45, 2.75) is 25.9 Å². The first-order chi connectivity index (χ1) is 9.17. The van der Waals surface area contributed by atoms with Crippen LogP contribution >= 0.6 is 11.3 Å². The molecule has 19 heavy (non-hydrogen) atoms. The van der Waals surface area contributed by atoms with Gasteiger partial charge in [-0.3, -0.25) is 9.69 Å². The Hall–Kier alpha value is -1.31. The smallest absolute Gasteiger partial charge is 0.275 e. The third-order valence-electron chi connectivity index (χ3n) is 3.73. The van der Waals surface area contributed by atoms with Gasteiger partial charge in [-0.05, 0) is 25.8 Å². The van der Waals surface area contributed by atoms with Crippen molar-refractivity contribution in [3.63, 3.8) is 0 Å². The number of hydrogen-bond donors (Lipinski definition) is 1. The van der Waals surface area contributed by atoms with Crippen LogP contribution in [0.25, 0.3) is 4.96 Å². The fourth-order valence-corrected chi connectivity index (χ4v) is 3.34. The highest BCUT2D eigenvalue weighted by Crippen LogP contribution is 2.23. The topological polar surface area (TPSA) is 76.5 Å². The first-order valence-electron chi connectivity index (χ1n) is 6.44. The summed E-state index contributed by atoms with van der Waals surface area (Å²) < 4.78 is 1.34. The molecule has 0 radical (unpaired) electrons. The van der Waals surface area contributed by atoms with Crippen molar-refractivity contribution in [3.8, 4) is 0 Å². The Bertz CT molecular complexity index is 636. The summed E-state index contributed by atoms with van der Waals surface area (Å²) in [7, 11) is 0. The highest BCUT2D eigenvalue weighted by atomic mass is 32.1. The van der Waals surface area contributed by atoms with Crippen LogP contribution in [0.15, 0.2) is 16.4 Å². The van der Waals surface area contributed by atoms with Gasteiger partial charge in [-0.2, -0.15) is 9.61 Å². The second-order valence-corrected chi connectivity index (χ2v) is 5.95. The maximum atomic E-state index is 11.9. The number of fused-ring (bicyclic) bond motifs is 1. The number of nitrogens with zero attached hydrogens (tertiary/aromatic N) is 4. The summed E-state index contributed by atoms with van der Waals surface area (Å²) >= 11 is 1.38. The monoisotopic (exact) mass is 279 g/mol. The Balaban J connectivity index is 1.83. The molecule has 1 fully saturated rings. The average Bonchev–Trinajstić information content (AvgIpc) is 2.97. The first kappa shape index (κ1) is 12.7. The largest absolute Gasteiger partial charge is 0.330 e. The van der Waals surface area contributed by atoms with Crippen LogP contribution in [-0.2, 0) is 6.54 Å². The van der Waals surface area contributed by atoms with E-state index in [1.807, 2.05) is 0 Å². The highest BCUT2D eigenvalue weighted by molar-refractivity contribution is 7.14. The quantitative estimate of drug-likeness (QED) is 0.875. The van der Waals surface area contributed by atoms with E-state index in [0.717, 1.165) is 25.2 Å². The molecule has 7 heteroatoms.